The van der Waals surface area contributed by atoms with E-state index in [-0.39, 0.29) is 0 Å². The molecule has 0 N–H and O–H groups in total. The topological polar surface area (TPSA) is 175 Å². The zero-order valence-corrected chi connectivity index (χ0v) is 77.0. The van der Waals surface area contributed by atoms with Gasteiger partial charge in [0.05, 0.1) is 0 Å². The van der Waals surface area contributed by atoms with E-state index in [1.807, 2.05) is 0 Å². The van der Waals surface area contributed by atoms with Crippen molar-refractivity contribution >= 4 is 131 Å². The smallest absolute Gasteiger partial charge is 0.458 e. The van der Waals surface area contributed by atoms with Crippen molar-refractivity contribution in [3.8, 4) is 0 Å². The Bertz CT molecular complexity index is 1460. The molecule has 0 aliphatic rings. The molecule has 0 aromatic heterocycles. The first-order valence-corrected chi connectivity index (χ1v) is 70.3. The SMILES string of the molecule is CO[Si](C)(CC[Si](C)(C)O[SiH](C)C)OC.CO[Si](CCCCCC[Si](C)(C)O[SiH](C)C)(OC)OC.CO[Si](CCC[Si](C)(C)O[SiH](C)C)(OC)OC.CO[Si](CC[Si](C)(C)O[SiH](C)C)(OC)OC.CO[Si](CC[Si](C)(C)O[SiH](C)C)(OC)OC. The Morgan fingerprint density at radius 1 is 0.190 bits per heavy atom. The maximum absolute atomic E-state index is 6.18. The van der Waals surface area contributed by atoms with Crippen LogP contribution in [0.5, 0.6) is 0 Å². The molecule has 84 heavy (non-hydrogen) atoms. The van der Waals surface area contributed by atoms with Crippen LogP contribution in [0, 0.1) is 0 Å². The summed E-state index contributed by atoms with van der Waals surface area (Å²) >= 11 is 0. The molecule has 19 nitrogen and oxygen atoms in total. The van der Waals surface area contributed by atoms with Gasteiger partial charge in [-0.25, -0.2) is 0 Å². The lowest BCUT2D eigenvalue weighted by molar-refractivity contribution is 0.122. The van der Waals surface area contributed by atoms with E-state index in [0.717, 1.165) is 67.2 Å². The first-order valence-electron chi connectivity index (χ1n) is 30.6. The number of hydrogen-bond acceptors (Lipinski definition) is 19. The van der Waals surface area contributed by atoms with Crippen LogP contribution in [0.1, 0.15) is 32.1 Å². The van der Waals surface area contributed by atoms with Crippen LogP contribution in [0.4, 0.5) is 0 Å². The summed E-state index contributed by atoms with van der Waals surface area (Å²) in [5, 5.41) is 0. The van der Waals surface area contributed by atoms with Crippen molar-refractivity contribution in [2.45, 2.75) is 230 Å². The number of unbranched alkanes of at least 4 members (excludes halogenated alkanes) is 3. The van der Waals surface area contributed by atoms with Crippen LogP contribution in [0.3, 0.4) is 0 Å². The summed E-state index contributed by atoms with van der Waals surface area (Å²) in [5.41, 5.74) is 0. The van der Waals surface area contributed by atoms with Gasteiger partial charge in [0.2, 0.25) is 0 Å². The normalized spacial score (nSPS) is 13.4. The molecule has 0 saturated carbocycles. The van der Waals surface area contributed by atoms with Gasteiger partial charge in [0.15, 0.2) is 86.8 Å². The average Bonchev–Trinajstić information content (AvgIpc) is 3.41. The summed E-state index contributed by atoms with van der Waals surface area (Å²) in [5.74, 6) is 0. The minimum atomic E-state index is -2.41. The summed E-state index contributed by atoms with van der Waals surface area (Å²) in [6.07, 6.45) is 5.93. The first-order chi connectivity index (χ1) is 38.5. The third-order valence-electron chi connectivity index (χ3n) is 13.9. The molecular formula is C50H140O19Si15. The zero-order chi connectivity index (χ0) is 66.9. The van der Waals surface area contributed by atoms with Gasteiger partial charge in [0, 0.05) is 124 Å². The van der Waals surface area contributed by atoms with Crippen LogP contribution in [0.25, 0.3) is 0 Å². The Morgan fingerprint density at radius 3 is 0.583 bits per heavy atom. The van der Waals surface area contributed by atoms with Crippen molar-refractivity contribution in [2.75, 3.05) is 99.5 Å². The van der Waals surface area contributed by atoms with Gasteiger partial charge in [0.1, 0.15) is 0 Å². The fourth-order valence-corrected chi connectivity index (χ4v) is 57.6. The largest absolute Gasteiger partial charge is 0.500 e. The van der Waals surface area contributed by atoms with Gasteiger partial charge in [-0.05, 0) is 187 Å². The maximum Gasteiger partial charge on any atom is 0.500 e. The van der Waals surface area contributed by atoms with E-state index >= 15 is 0 Å². The van der Waals surface area contributed by atoms with E-state index in [9.17, 15) is 0 Å². The van der Waals surface area contributed by atoms with E-state index in [1.54, 1.807) is 99.5 Å². The van der Waals surface area contributed by atoms with Crippen molar-refractivity contribution in [1.82, 2.24) is 0 Å². The van der Waals surface area contributed by atoms with Gasteiger partial charge in [-0.3, -0.25) is 0 Å². The minimum absolute atomic E-state index is 0.844. The Labute approximate surface area is 538 Å². The van der Waals surface area contributed by atoms with Gasteiger partial charge in [-0.2, -0.15) is 0 Å². The molecule has 0 saturated heterocycles. The van der Waals surface area contributed by atoms with Crippen molar-refractivity contribution in [1.29, 1.82) is 0 Å². The van der Waals surface area contributed by atoms with Gasteiger partial charge >= 0.3 is 43.8 Å². The molecule has 0 unspecified atom stereocenters. The van der Waals surface area contributed by atoms with Crippen LogP contribution in [0.2, 0.25) is 198 Å². The quantitative estimate of drug-likeness (QED) is 0.0415. The van der Waals surface area contributed by atoms with Gasteiger partial charge in [0.25, 0.3) is 0 Å². The molecular weight excluding hydrogens is 1330 g/mol. The summed E-state index contributed by atoms with van der Waals surface area (Å²) in [6.45, 7) is 47.3. The molecule has 0 aromatic rings. The highest BCUT2D eigenvalue weighted by atomic mass is 28.4. The molecule has 0 spiro atoms. The van der Waals surface area contributed by atoms with E-state index in [0.29, 0.717) is 0 Å². The van der Waals surface area contributed by atoms with Crippen LogP contribution in [-0.2, 0) is 82.5 Å². The van der Waals surface area contributed by atoms with Crippen molar-refractivity contribution < 1.29 is 82.5 Å². The lowest BCUT2D eigenvalue weighted by Gasteiger charge is -2.30. The Hall–Kier alpha value is 2.49. The highest BCUT2D eigenvalue weighted by molar-refractivity contribution is 6.81. The van der Waals surface area contributed by atoms with Crippen molar-refractivity contribution in [3.63, 3.8) is 0 Å². The summed E-state index contributed by atoms with van der Waals surface area (Å²) < 4.78 is 107. The molecule has 0 aliphatic carbocycles. The standard InChI is InChI=1S/C13H34O4Si3.C10H28O4Si3.2C9H26O4Si3.C9H26O3Si3/c1-14-20(15-2,16-3)13-11-9-8-10-12-19(6,7)17-18(4)5;1-11-17(12-2,13-3)10-8-9-16(6,7)14-15(4)5;2*1-10-16(11-2,12-3)9-8-15(6,7)13-14(4)5;1-10-15(7,11-2)9-8-14(5,6)12-13(3)4/h18H,8-13H2,1-7H3;15H,8-10H2,1-7H3;2*14H,8-9H2,1-7H3;13H,8-9H2,1-7H3. The predicted molar refractivity (Wildman–Crippen MR) is 391 cm³/mol. The van der Waals surface area contributed by atoms with E-state index in [1.165, 1.54) is 25.3 Å². The molecule has 0 amide bonds. The van der Waals surface area contributed by atoms with Crippen LogP contribution in [0.15, 0.2) is 0 Å². The van der Waals surface area contributed by atoms with E-state index < -0.39 is 131 Å². The molecule has 0 radical (unpaired) electrons. The highest BCUT2D eigenvalue weighted by Gasteiger charge is 2.43. The highest BCUT2D eigenvalue weighted by Crippen LogP contribution is 2.27. The second-order valence-electron chi connectivity index (χ2n) is 25.6. The monoisotopic (exact) mass is 1460 g/mol. The fourth-order valence-electron chi connectivity index (χ4n) is 9.41. The number of hydrogen-bond donors (Lipinski definition) is 0. The molecule has 0 heterocycles. The third-order valence-corrected chi connectivity index (χ3v) is 59.1. The van der Waals surface area contributed by atoms with Gasteiger partial charge < -0.3 is 82.5 Å². The molecule has 0 fully saturated rings. The third kappa shape index (κ3) is 49.1. The van der Waals surface area contributed by atoms with Crippen molar-refractivity contribution in [2.24, 2.45) is 0 Å². The lowest BCUT2D eigenvalue weighted by Crippen LogP contribution is -2.45. The maximum atomic E-state index is 6.18. The second-order valence-corrected chi connectivity index (χ2v) is 76.9. The summed E-state index contributed by atoms with van der Waals surface area (Å²) in [6, 6.07) is 10.1. The lowest BCUT2D eigenvalue weighted by atomic mass is 10.2. The molecule has 0 aliphatic heterocycles. The second kappa shape index (κ2) is 49.1. The molecule has 34 heteroatoms. The average molecular weight is 1470 g/mol. The number of rotatable bonds is 44. The van der Waals surface area contributed by atoms with E-state index in [4.69, 9.17) is 82.5 Å². The molecule has 0 atom stereocenters. The van der Waals surface area contributed by atoms with Gasteiger partial charge in [-0.1, -0.05) is 19.3 Å². The molecule has 0 rings (SSSR count). The first kappa shape index (κ1) is 95.2. The minimum Gasteiger partial charge on any atom is -0.458 e. The summed E-state index contributed by atoms with van der Waals surface area (Å²) in [4.78, 5) is 0. The molecule has 0 bridgehead atoms. The van der Waals surface area contributed by atoms with Crippen LogP contribution < -0.4 is 0 Å². The van der Waals surface area contributed by atoms with Crippen LogP contribution in [-0.4, -0.2) is 230 Å². The van der Waals surface area contributed by atoms with Crippen molar-refractivity contribution in [3.05, 3.63) is 0 Å². The Balaban J connectivity index is -0.000000311. The van der Waals surface area contributed by atoms with Crippen LogP contribution >= 0.6 is 0 Å². The Kier molecular flexibility index (Phi) is 55.6. The summed E-state index contributed by atoms with van der Waals surface area (Å²) in [7, 11) is -0.0274. The molecule has 514 valence electrons. The van der Waals surface area contributed by atoms with E-state index in [2.05, 4.69) is 137 Å². The van der Waals surface area contributed by atoms with Gasteiger partial charge in [-0.15, -0.1) is 0 Å². The molecule has 0 aromatic carbocycles. The fraction of sp³-hybridized carbons (Fsp3) is 1.00. The Morgan fingerprint density at radius 2 is 0.369 bits per heavy atom. The zero-order valence-electron chi connectivity index (χ0n) is 61.3. The predicted octanol–water partition coefficient (Wildman–Crippen LogP) is 12.8.